The average Bonchev–Trinajstić information content (AvgIpc) is 3.07. The van der Waals surface area contributed by atoms with Crippen LogP contribution < -0.4 is 5.73 Å². The van der Waals surface area contributed by atoms with E-state index in [1.807, 2.05) is 17.0 Å². The Morgan fingerprint density at radius 3 is 2.81 bits per heavy atom. The number of aromatic nitrogens is 1. The van der Waals surface area contributed by atoms with Crippen LogP contribution in [0.25, 0.3) is 10.2 Å². The molecular weight excluding hydrogens is 342 g/mol. The molecule has 26 heavy (non-hydrogen) atoms. The van der Waals surface area contributed by atoms with Crippen LogP contribution in [0.15, 0.2) is 36.4 Å². The van der Waals surface area contributed by atoms with Gasteiger partial charge in [0, 0.05) is 25.0 Å². The van der Waals surface area contributed by atoms with Crippen LogP contribution >= 0.6 is 11.3 Å². The number of allylic oxidation sites excluding steroid dienone is 2. The number of para-hydroxylation sites is 1. The van der Waals surface area contributed by atoms with Crippen LogP contribution in [-0.2, 0) is 4.79 Å². The zero-order chi connectivity index (χ0) is 18.3. The molecule has 0 saturated carbocycles. The van der Waals surface area contributed by atoms with Crippen LogP contribution in [0, 0.1) is 11.3 Å². The summed E-state index contributed by atoms with van der Waals surface area (Å²) in [6.45, 7) is 5.86. The van der Waals surface area contributed by atoms with Crippen molar-refractivity contribution in [2.75, 3.05) is 13.1 Å². The van der Waals surface area contributed by atoms with E-state index in [0.717, 1.165) is 42.9 Å². The molecule has 1 aromatic carbocycles. The molecule has 0 bridgehead atoms. The summed E-state index contributed by atoms with van der Waals surface area (Å²) in [4.78, 5) is 20.3. The first kappa shape index (κ1) is 17.7. The van der Waals surface area contributed by atoms with Gasteiger partial charge in [-0.15, -0.1) is 11.3 Å². The number of amides is 1. The minimum absolute atomic E-state index is 0.00862. The zero-order valence-electron chi connectivity index (χ0n) is 15.5. The summed E-state index contributed by atoms with van der Waals surface area (Å²) in [7, 11) is 0. The molecule has 1 aromatic heterocycles. The fourth-order valence-corrected chi connectivity index (χ4v) is 5.35. The zero-order valence-corrected chi connectivity index (χ0v) is 16.3. The van der Waals surface area contributed by atoms with E-state index in [9.17, 15) is 4.79 Å². The van der Waals surface area contributed by atoms with Crippen LogP contribution in [0.2, 0.25) is 0 Å². The number of nitrogens with two attached hydrogens (primary N) is 1. The third-order valence-corrected chi connectivity index (χ3v) is 7.17. The van der Waals surface area contributed by atoms with Crippen LogP contribution in [-0.4, -0.2) is 34.9 Å². The van der Waals surface area contributed by atoms with Crippen molar-refractivity contribution in [2.45, 2.75) is 45.1 Å². The highest BCUT2D eigenvalue weighted by atomic mass is 32.1. The van der Waals surface area contributed by atoms with E-state index < -0.39 is 0 Å². The molecule has 1 aliphatic heterocycles. The summed E-state index contributed by atoms with van der Waals surface area (Å²) >= 11 is 1.74. The number of hydrogen-bond acceptors (Lipinski definition) is 4. The highest BCUT2D eigenvalue weighted by Gasteiger charge is 2.40. The number of piperidine rings is 1. The predicted molar refractivity (Wildman–Crippen MR) is 107 cm³/mol. The first-order valence-electron chi connectivity index (χ1n) is 9.50. The summed E-state index contributed by atoms with van der Waals surface area (Å²) in [6.07, 6.45) is 6.95. The monoisotopic (exact) mass is 369 g/mol. The molecular formula is C21H27N3OS. The average molecular weight is 370 g/mol. The molecule has 0 spiro atoms. The van der Waals surface area contributed by atoms with Crippen molar-refractivity contribution in [3.63, 3.8) is 0 Å². The van der Waals surface area contributed by atoms with Crippen LogP contribution in [0.1, 0.15) is 44.0 Å². The predicted octanol–water partition coefficient (Wildman–Crippen LogP) is 3.93. The minimum atomic E-state index is -0.0240. The number of likely N-dealkylation sites (tertiary alicyclic amines) is 1. The molecule has 3 unspecified atom stereocenters. The number of carbonyl (C=O) groups excluding carboxylic acids is 1. The topological polar surface area (TPSA) is 59.2 Å². The van der Waals surface area contributed by atoms with Gasteiger partial charge < -0.3 is 10.6 Å². The van der Waals surface area contributed by atoms with E-state index in [4.69, 9.17) is 10.7 Å². The number of thiazole rings is 1. The molecule has 2 heterocycles. The first-order chi connectivity index (χ1) is 12.5. The fraction of sp³-hybridized carbons (Fsp3) is 0.524. The van der Waals surface area contributed by atoms with Gasteiger partial charge in [0.05, 0.1) is 21.1 Å². The minimum Gasteiger partial charge on any atom is -0.342 e. The highest BCUT2D eigenvalue weighted by Crippen LogP contribution is 2.40. The maximum absolute atomic E-state index is 13.4. The summed E-state index contributed by atoms with van der Waals surface area (Å²) < 4.78 is 1.20. The highest BCUT2D eigenvalue weighted by molar-refractivity contribution is 7.18. The summed E-state index contributed by atoms with van der Waals surface area (Å²) in [6, 6.07) is 8.40. The van der Waals surface area contributed by atoms with Crippen molar-refractivity contribution < 1.29 is 4.79 Å². The lowest BCUT2D eigenvalue weighted by atomic mass is 9.77. The van der Waals surface area contributed by atoms with Gasteiger partial charge in [0.25, 0.3) is 0 Å². The van der Waals surface area contributed by atoms with E-state index in [0.29, 0.717) is 0 Å². The van der Waals surface area contributed by atoms with E-state index in [-0.39, 0.29) is 29.2 Å². The van der Waals surface area contributed by atoms with Gasteiger partial charge in [-0.25, -0.2) is 4.98 Å². The molecule has 4 rings (SSSR count). The molecule has 1 amide bonds. The van der Waals surface area contributed by atoms with Crippen LogP contribution in [0.3, 0.4) is 0 Å². The molecule has 1 fully saturated rings. The smallest absolute Gasteiger partial charge is 0.226 e. The standard InChI is InChI=1S/C21H27N3OS/c1-21(2)13-24(12-11-18(21)22)20(25)15-8-4-3-7-14(15)19-23-16-9-5-6-10-17(16)26-19/h3-6,9-10,14-15,18H,7-8,11-13,22H2,1-2H3. The molecule has 1 aliphatic carbocycles. The van der Waals surface area contributed by atoms with Gasteiger partial charge in [0.1, 0.15) is 0 Å². The summed E-state index contributed by atoms with van der Waals surface area (Å²) in [5.41, 5.74) is 7.27. The summed E-state index contributed by atoms with van der Waals surface area (Å²) in [5.74, 6) is 0.452. The van der Waals surface area contributed by atoms with Gasteiger partial charge >= 0.3 is 0 Å². The Morgan fingerprint density at radius 1 is 1.27 bits per heavy atom. The number of rotatable bonds is 2. The van der Waals surface area contributed by atoms with Crippen LogP contribution in [0.5, 0.6) is 0 Å². The third-order valence-electron chi connectivity index (χ3n) is 6.00. The maximum Gasteiger partial charge on any atom is 0.226 e. The Balaban J connectivity index is 1.59. The molecule has 3 atom stereocenters. The first-order valence-corrected chi connectivity index (χ1v) is 10.3. The lowest BCUT2D eigenvalue weighted by Gasteiger charge is -2.44. The number of nitrogens with zero attached hydrogens (tertiary/aromatic N) is 2. The second-order valence-electron chi connectivity index (χ2n) is 8.32. The molecule has 2 aliphatic rings. The Kier molecular flexibility index (Phi) is 4.61. The SMILES string of the molecule is CC1(C)CN(C(=O)C2CC=CCC2c2nc3ccccc3s2)CCC1N. The Hall–Kier alpha value is -1.72. The number of hydrogen-bond donors (Lipinski definition) is 1. The van der Waals surface area contributed by atoms with E-state index in [1.165, 1.54) is 4.70 Å². The Labute approximate surface area is 159 Å². The number of carbonyl (C=O) groups is 1. The van der Waals surface area contributed by atoms with Crippen molar-refractivity contribution in [2.24, 2.45) is 17.1 Å². The van der Waals surface area contributed by atoms with Gasteiger partial charge in [-0.05, 0) is 36.8 Å². The van der Waals surface area contributed by atoms with E-state index in [2.05, 4.69) is 38.1 Å². The van der Waals surface area contributed by atoms with Crippen molar-refractivity contribution in [3.8, 4) is 0 Å². The van der Waals surface area contributed by atoms with Gasteiger partial charge in [-0.2, -0.15) is 0 Å². The fourth-order valence-electron chi connectivity index (χ4n) is 4.21. The third kappa shape index (κ3) is 3.19. The Bertz CT molecular complexity index is 808. The molecule has 138 valence electrons. The van der Waals surface area contributed by atoms with Crippen molar-refractivity contribution >= 4 is 27.5 Å². The molecule has 2 N–H and O–H groups in total. The second kappa shape index (κ2) is 6.78. The van der Waals surface area contributed by atoms with E-state index in [1.54, 1.807) is 11.3 Å². The van der Waals surface area contributed by atoms with E-state index >= 15 is 0 Å². The second-order valence-corrected chi connectivity index (χ2v) is 9.38. The molecule has 2 aromatic rings. The van der Waals surface area contributed by atoms with Crippen LogP contribution in [0.4, 0.5) is 0 Å². The van der Waals surface area contributed by atoms with Gasteiger partial charge in [-0.3, -0.25) is 4.79 Å². The largest absolute Gasteiger partial charge is 0.342 e. The molecule has 4 nitrogen and oxygen atoms in total. The molecule has 0 radical (unpaired) electrons. The quantitative estimate of drug-likeness (QED) is 0.816. The lowest BCUT2D eigenvalue weighted by molar-refractivity contribution is -0.139. The van der Waals surface area contributed by atoms with Crippen molar-refractivity contribution in [3.05, 3.63) is 41.4 Å². The van der Waals surface area contributed by atoms with Crippen molar-refractivity contribution in [1.29, 1.82) is 0 Å². The molecule has 5 heteroatoms. The molecule has 1 saturated heterocycles. The number of benzene rings is 1. The lowest BCUT2D eigenvalue weighted by Crippen LogP contribution is -2.55. The van der Waals surface area contributed by atoms with Gasteiger partial charge in [-0.1, -0.05) is 38.1 Å². The number of fused-ring (bicyclic) bond motifs is 1. The maximum atomic E-state index is 13.4. The van der Waals surface area contributed by atoms with Gasteiger partial charge in [0.2, 0.25) is 5.91 Å². The summed E-state index contributed by atoms with van der Waals surface area (Å²) in [5, 5.41) is 1.10. The normalized spacial score (nSPS) is 28.4. The van der Waals surface area contributed by atoms with Crippen molar-refractivity contribution in [1.82, 2.24) is 9.88 Å². The van der Waals surface area contributed by atoms with Gasteiger partial charge in [0.15, 0.2) is 0 Å². The Morgan fingerprint density at radius 2 is 2.04 bits per heavy atom.